The predicted molar refractivity (Wildman–Crippen MR) is 115 cm³/mol. The number of pyridine rings is 1. The van der Waals surface area contributed by atoms with Gasteiger partial charge in [0.05, 0.1) is 24.8 Å². The fourth-order valence-corrected chi connectivity index (χ4v) is 4.63. The zero-order chi connectivity index (χ0) is 20.5. The Balaban J connectivity index is 1.10. The molecule has 2 saturated heterocycles. The van der Waals surface area contributed by atoms with Crippen LogP contribution in [0.15, 0.2) is 64.8 Å². The molecule has 1 aromatic carbocycles. The molecule has 2 aliphatic heterocycles. The summed E-state index contributed by atoms with van der Waals surface area (Å²) < 4.78 is 8.01. The van der Waals surface area contributed by atoms with Crippen molar-refractivity contribution in [2.45, 2.75) is 29.9 Å². The highest BCUT2D eigenvalue weighted by atomic mass is 32.2. The van der Waals surface area contributed by atoms with Gasteiger partial charge >= 0.3 is 0 Å². The number of carbonyl (C=O) groups excluding carboxylic acids is 1. The van der Waals surface area contributed by atoms with Gasteiger partial charge in [-0.25, -0.2) is 9.29 Å². The number of carbonyl (C=O) groups is 1. The summed E-state index contributed by atoms with van der Waals surface area (Å²) >= 11 is 1.66. The molecule has 156 valence electrons. The van der Waals surface area contributed by atoms with Crippen LogP contribution < -0.4 is 4.74 Å². The molecule has 6 nitrogen and oxygen atoms in total. The van der Waals surface area contributed by atoms with Crippen LogP contribution in [0.5, 0.6) is 5.75 Å². The number of aliphatic hydroxyl groups is 1. The van der Waals surface area contributed by atoms with Crippen LogP contribution >= 0.6 is 11.9 Å². The molecule has 1 saturated carbocycles. The van der Waals surface area contributed by atoms with E-state index in [9.17, 15) is 9.90 Å². The Morgan fingerprint density at radius 1 is 1.10 bits per heavy atom. The summed E-state index contributed by atoms with van der Waals surface area (Å²) in [6.45, 7) is 3.02. The van der Waals surface area contributed by atoms with Gasteiger partial charge in [0, 0.05) is 26.2 Å². The lowest BCUT2D eigenvalue weighted by molar-refractivity contribution is -0.135. The molecule has 0 bridgehead atoms. The van der Waals surface area contributed by atoms with Crippen molar-refractivity contribution in [2.24, 2.45) is 0 Å². The number of hydrogen-bond acceptors (Lipinski definition) is 6. The van der Waals surface area contributed by atoms with Crippen molar-refractivity contribution in [3.63, 3.8) is 0 Å². The minimum Gasteiger partial charge on any atom is -0.489 e. The molecule has 1 N–H and O–H groups in total. The maximum absolute atomic E-state index is 12.7. The lowest BCUT2D eigenvalue weighted by atomic mass is 9.92. The molecule has 1 aromatic heterocycles. The first-order chi connectivity index (χ1) is 14.7. The third-order valence-electron chi connectivity index (χ3n) is 5.75. The summed E-state index contributed by atoms with van der Waals surface area (Å²) in [6.07, 6.45) is 4.50. The molecule has 0 spiro atoms. The number of rotatable bonds is 7. The van der Waals surface area contributed by atoms with Gasteiger partial charge in [0.15, 0.2) is 0 Å². The third-order valence-corrected chi connectivity index (χ3v) is 6.70. The number of aliphatic hydroxyl groups excluding tert-OH is 1. The third kappa shape index (κ3) is 4.24. The Kier molecular flexibility index (Phi) is 5.50. The largest absolute Gasteiger partial charge is 0.489 e. The van der Waals surface area contributed by atoms with E-state index in [4.69, 9.17) is 4.74 Å². The van der Waals surface area contributed by atoms with Gasteiger partial charge in [-0.2, -0.15) is 0 Å². The molecule has 2 aromatic rings. The fraction of sp³-hybridized carbons (Fsp3) is 0.391. The quantitative estimate of drug-likeness (QED) is 0.546. The van der Waals surface area contributed by atoms with Crippen molar-refractivity contribution in [1.29, 1.82) is 0 Å². The van der Waals surface area contributed by atoms with Crippen molar-refractivity contribution in [3.05, 3.63) is 65.4 Å². The number of hydrogen-bond donors (Lipinski definition) is 1. The summed E-state index contributed by atoms with van der Waals surface area (Å²) in [7, 11) is 0. The lowest BCUT2D eigenvalue weighted by Gasteiger charge is -2.42. The second-order valence-corrected chi connectivity index (χ2v) is 9.20. The van der Waals surface area contributed by atoms with Gasteiger partial charge in [0.1, 0.15) is 10.8 Å². The Labute approximate surface area is 180 Å². The second kappa shape index (κ2) is 8.41. The normalized spacial score (nSPS) is 19.8. The molecule has 5 rings (SSSR count). The van der Waals surface area contributed by atoms with Gasteiger partial charge in [-0.15, -0.1) is 0 Å². The van der Waals surface area contributed by atoms with E-state index in [1.807, 2.05) is 47.4 Å². The van der Waals surface area contributed by atoms with Gasteiger partial charge in [0.25, 0.3) is 0 Å². The summed E-state index contributed by atoms with van der Waals surface area (Å²) in [5, 5.41) is 10.7. The Bertz CT molecular complexity index is 928. The van der Waals surface area contributed by atoms with E-state index in [2.05, 4.69) is 9.29 Å². The van der Waals surface area contributed by atoms with Crippen molar-refractivity contribution in [2.75, 3.05) is 32.8 Å². The summed E-state index contributed by atoms with van der Waals surface area (Å²) in [4.78, 5) is 19.1. The molecule has 3 fully saturated rings. The second-order valence-electron chi connectivity index (χ2n) is 8.09. The van der Waals surface area contributed by atoms with Gasteiger partial charge in [0.2, 0.25) is 5.91 Å². The number of nitrogens with zero attached hydrogens (tertiary/aromatic N) is 3. The van der Waals surface area contributed by atoms with Crippen LogP contribution in [0.25, 0.3) is 0 Å². The Morgan fingerprint density at radius 3 is 2.47 bits per heavy atom. The maximum Gasteiger partial charge on any atom is 0.233 e. The van der Waals surface area contributed by atoms with Gasteiger partial charge in [-0.3, -0.25) is 4.79 Å². The van der Waals surface area contributed by atoms with Crippen LogP contribution in [0.4, 0.5) is 0 Å². The van der Waals surface area contributed by atoms with E-state index in [0.29, 0.717) is 19.2 Å². The molecule has 0 radical (unpaired) electrons. The fourth-order valence-electron chi connectivity index (χ4n) is 3.69. The van der Waals surface area contributed by atoms with Crippen molar-refractivity contribution >= 4 is 17.9 Å². The van der Waals surface area contributed by atoms with Crippen LogP contribution in [0.2, 0.25) is 0 Å². The van der Waals surface area contributed by atoms with Gasteiger partial charge < -0.3 is 14.7 Å². The summed E-state index contributed by atoms with van der Waals surface area (Å²) in [5.41, 5.74) is 3.64. The Hall–Kier alpha value is -2.35. The highest BCUT2D eigenvalue weighted by molar-refractivity contribution is 7.97. The molecule has 3 aliphatic rings. The molecule has 1 amide bonds. The number of amides is 1. The van der Waals surface area contributed by atoms with Crippen LogP contribution in [-0.2, 0) is 4.79 Å². The van der Waals surface area contributed by atoms with Crippen LogP contribution in [0.1, 0.15) is 24.3 Å². The number of likely N-dealkylation sites (tertiary alicyclic amines) is 1. The predicted octanol–water partition coefficient (Wildman–Crippen LogP) is 2.86. The van der Waals surface area contributed by atoms with E-state index in [0.717, 1.165) is 42.3 Å². The average molecular weight is 424 g/mol. The highest BCUT2D eigenvalue weighted by Crippen LogP contribution is 2.34. The van der Waals surface area contributed by atoms with Crippen molar-refractivity contribution in [3.8, 4) is 5.75 Å². The molecule has 7 heteroatoms. The van der Waals surface area contributed by atoms with Gasteiger partial charge in [-0.1, -0.05) is 30.3 Å². The molecular formula is C23H25N3O3S. The van der Waals surface area contributed by atoms with Crippen LogP contribution in [0, 0.1) is 0 Å². The maximum atomic E-state index is 12.7. The monoisotopic (exact) mass is 423 g/mol. The summed E-state index contributed by atoms with van der Waals surface area (Å²) in [5.74, 6) is 0.393. The van der Waals surface area contributed by atoms with Crippen molar-refractivity contribution < 1.29 is 14.6 Å². The van der Waals surface area contributed by atoms with E-state index >= 15 is 0 Å². The number of ether oxygens (including phenoxy) is 1. The zero-order valence-corrected chi connectivity index (χ0v) is 17.6. The van der Waals surface area contributed by atoms with E-state index < -0.39 is 5.92 Å². The smallest absolute Gasteiger partial charge is 0.233 e. The van der Waals surface area contributed by atoms with E-state index in [-0.39, 0.29) is 12.5 Å². The molecule has 1 unspecified atom stereocenters. The zero-order valence-electron chi connectivity index (χ0n) is 16.7. The number of benzene rings is 1. The molecule has 30 heavy (non-hydrogen) atoms. The SMILES string of the molecule is O=C(C(CO)c1ccccc1)N1CC(=C2CN(Sc3ccc(OC4CC4)cn3)C2)C1. The van der Waals surface area contributed by atoms with Crippen molar-refractivity contribution in [1.82, 2.24) is 14.2 Å². The van der Waals surface area contributed by atoms with Gasteiger partial charge in [-0.05, 0) is 53.6 Å². The minimum absolute atomic E-state index is 0.0105. The van der Waals surface area contributed by atoms with Crippen LogP contribution in [0.3, 0.4) is 0 Å². The Morgan fingerprint density at radius 2 is 1.83 bits per heavy atom. The molecular weight excluding hydrogens is 398 g/mol. The molecule has 1 aliphatic carbocycles. The molecule has 1 atom stereocenters. The summed E-state index contributed by atoms with van der Waals surface area (Å²) in [6, 6.07) is 13.5. The first-order valence-electron chi connectivity index (χ1n) is 10.4. The topological polar surface area (TPSA) is 65.9 Å². The minimum atomic E-state index is -0.468. The van der Waals surface area contributed by atoms with Crippen LogP contribution in [-0.4, -0.2) is 64.1 Å². The van der Waals surface area contributed by atoms with E-state index in [1.54, 1.807) is 18.1 Å². The van der Waals surface area contributed by atoms with E-state index in [1.165, 1.54) is 11.1 Å². The average Bonchev–Trinajstić information content (AvgIpc) is 3.51. The first-order valence-corrected chi connectivity index (χ1v) is 11.2. The lowest BCUT2D eigenvalue weighted by Crippen LogP contribution is -2.50. The number of aromatic nitrogens is 1. The standard InChI is InChI=1S/C23H25N3O3S/c27-15-21(16-4-2-1-3-5-16)23(28)25-11-17(12-25)18-13-26(14-18)30-22-9-8-20(10-24-22)29-19-6-7-19/h1-5,8-10,19,21,27H,6-7,11-15H2. The highest BCUT2D eigenvalue weighted by Gasteiger charge is 2.35. The first kappa shape index (κ1) is 19.6. The molecule has 3 heterocycles.